The Morgan fingerprint density at radius 1 is 1.71 bits per heavy atom. The van der Waals surface area contributed by atoms with E-state index >= 15 is 0 Å². The van der Waals surface area contributed by atoms with Gasteiger partial charge in [0.15, 0.2) is 0 Å². The van der Waals surface area contributed by atoms with Gasteiger partial charge in [0.1, 0.15) is 12.4 Å². The van der Waals surface area contributed by atoms with Crippen LogP contribution >= 0.6 is 24.2 Å². The quantitative estimate of drug-likeness (QED) is 0.651. The van der Waals surface area contributed by atoms with Crippen molar-refractivity contribution in [3.05, 3.63) is 11.6 Å². The summed E-state index contributed by atoms with van der Waals surface area (Å²) in [6.07, 6.45) is 1.19. The van der Waals surface area contributed by atoms with Gasteiger partial charge < -0.3 is 10.4 Å². The molecule has 0 aliphatic carbocycles. The number of carboxylic acid groups (broad SMARTS) is 1. The zero-order valence-electron chi connectivity index (χ0n) is 6.88. The molecule has 0 aliphatic heterocycles. The Hall–Kier alpha value is -1.08. The highest BCUT2D eigenvalue weighted by atomic mass is 35.5. The van der Waals surface area contributed by atoms with Gasteiger partial charge in [-0.15, -0.1) is 0 Å². The number of carboxylic acids is 1. The number of aromatic nitrogens is 3. The molecule has 1 unspecified atom stereocenters. The Labute approximate surface area is 90.1 Å². The normalized spacial score (nSPS) is 12.1. The molecular weight excluding hydrogens is 228 g/mol. The number of halogens is 1. The first kappa shape index (κ1) is 11.0. The fourth-order valence-corrected chi connectivity index (χ4v) is 1.06. The summed E-state index contributed by atoms with van der Waals surface area (Å²) in [6.45, 7) is 0. The average molecular weight is 235 g/mol. The van der Waals surface area contributed by atoms with E-state index in [0.717, 1.165) is 0 Å². The lowest BCUT2D eigenvalue weighted by Crippen LogP contribution is -2.31. The highest BCUT2D eigenvalue weighted by Gasteiger charge is 2.16. The van der Waals surface area contributed by atoms with Gasteiger partial charge in [-0.25, -0.2) is 14.8 Å². The van der Waals surface area contributed by atoms with Crippen LogP contribution in [0, 0.1) is 0 Å². The topological polar surface area (TPSA) is 88.0 Å². The number of carbonyl (C=O) groups is 1. The van der Waals surface area contributed by atoms with Gasteiger partial charge in [0.2, 0.25) is 11.2 Å². The largest absolute Gasteiger partial charge is 0.480 e. The van der Waals surface area contributed by atoms with Crippen molar-refractivity contribution in [2.75, 3.05) is 11.1 Å². The Balaban J connectivity index is 2.72. The predicted octanol–water partition coefficient (Wildman–Crippen LogP) is 0.320. The van der Waals surface area contributed by atoms with E-state index in [1.165, 1.54) is 6.33 Å². The number of rotatable bonds is 4. The molecule has 0 amide bonds. The lowest BCUT2D eigenvalue weighted by Gasteiger charge is -2.10. The van der Waals surface area contributed by atoms with Crippen molar-refractivity contribution in [2.45, 2.75) is 6.04 Å². The summed E-state index contributed by atoms with van der Waals surface area (Å²) in [5.41, 5.74) is 0. The first-order chi connectivity index (χ1) is 6.63. The molecule has 0 saturated carbocycles. The predicted molar refractivity (Wildman–Crippen MR) is 53.7 cm³/mol. The summed E-state index contributed by atoms with van der Waals surface area (Å²) in [7, 11) is 0. The molecule has 0 fully saturated rings. The second-order valence-electron chi connectivity index (χ2n) is 2.30. The fraction of sp³-hybridized carbons (Fsp3) is 0.333. The van der Waals surface area contributed by atoms with Crippen LogP contribution in [-0.2, 0) is 4.79 Å². The van der Waals surface area contributed by atoms with Crippen LogP contribution in [0.3, 0.4) is 0 Å². The van der Waals surface area contributed by atoms with Crippen LogP contribution in [0.25, 0.3) is 0 Å². The van der Waals surface area contributed by atoms with E-state index in [-0.39, 0.29) is 17.0 Å². The average Bonchev–Trinajstić information content (AvgIpc) is 2.14. The summed E-state index contributed by atoms with van der Waals surface area (Å²) >= 11 is 9.35. The van der Waals surface area contributed by atoms with E-state index in [1.807, 2.05) is 0 Å². The van der Waals surface area contributed by atoms with E-state index in [1.54, 1.807) is 0 Å². The number of aliphatic carboxylic acids is 1. The molecule has 8 heteroatoms. The molecule has 2 N–H and O–H groups in total. The van der Waals surface area contributed by atoms with Crippen LogP contribution in [-0.4, -0.2) is 37.8 Å². The second kappa shape index (κ2) is 4.97. The van der Waals surface area contributed by atoms with E-state index < -0.39 is 12.0 Å². The van der Waals surface area contributed by atoms with Crippen molar-refractivity contribution < 1.29 is 9.90 Å². The standard InChI is InChI=1S/C6H7ClN4O2S/c7-5-8-2-9-6(11-5)10-3(1-14)4(12)13/h2-3,14H,1H2,(H,12,13)(H,8,9,10,11). The Bertz CT molecular complexity index is 337. The molecule has 1 aromatic heterocycles. The molecule has 0 aliphatic rings. The number of nitrogens with one attached hydrogen (secondary N) is 1. The van der Waals surface area contributed by atoms with E-state index in [4.69, 9.17) is 16.7 Å². The van der Waals surface area contributed by atoms with Gasteiger partial charge in [-0.05, 0) is 11.6 Å². The van der Waals surface area contributed by atoms with Crippen LogP contribution < -0.4 is 5.32 Å². The zero-order chi connectivity index (χ0) is 10.6. The third kappa shape index (κ3) is 3.00. The lowest BCUT2D eigenvalue weighted by molar-refractivity contribution is -0.137. The number of anilines is 1. The van der Waals surface area contributed by atoms with Crippen LogP contribution in [0.4, 0.5) is 5.95 Å². The maximum absolute atomic E-state index is 10.6. The van der Waals surface area contributed by atoms with Gasteiger partial charge in [-0.1, -0.05) is 0 Å². The second-order valence-corrected chi connectivity index (χ2v) is 3.00. The SMILES string of the molecule is O=C(O)C(CS)Nc1ncnc(Cl)n1. The highest BCUT2D eigenvalue weighted by molar-refractivity contribution is 7.80. The minimum Gasteiger partial charge on any atom is -0.480 e. The monoisotopic (exact) mass is 234 g/mol. The summed E-state index contributed by atoms with van der Waals surface area (Å²) < 4.78 is 0. The summed E-state index contributed by atoms with van der Waals surface area (Å²) in [5, 5.41) is 11.2. The van der Waals surface area contributed by atoms with Gasteiger partial charge in [0, 0.05) is 5.75 Å². The lowest BCUT2D eigenvalue weighted by atomic mass is 10.3. The summed E-state index contributed by atoms with van der Waals surface area (Å²) in [5.74, 6) is -0.790. The third-order valence-electron chi connectivity index (χ3n) is 1.33. The summed E-state index contributed by atoms with van der Waals surface area (Å²) in [4.78, 5) is 21.5. The molecule has 14 heavy (non-hydrogen) atoms. The summed E-state index contributed by atoms with van der Waals surface area (Å²) in [6, 6.07) is -0.850. The molecule has 1 rings (SSSR count). The Morgan fingerprint density at radius 2 is 2.43 bits per heavy atom. The van der Waals surface area contributed by atoms with Gasteiger partial charge in [-0.3, -0.25) is 0 Å². The van der Waals surface area contributed by atoms with Crippen LogP contribution in [0.15, 0.2) is 6.33 Å². The van der Waals surface area contributed by atoms with Crippen molar-refractivity contribution in [3.8, 4) is 0 Å². The smallest absolute Gasteiger partial charge is 0.327 e. The molecule has 1 aromatic rings. The van der Waals surface area contributed by atoms with Gasteiger partial charge in [0.25, 0.3) is 0 Å². The minimum absolute atomic E-state index is 0.00537. The zero-order valence-corrected chi connectivity index (χ0v) is 8.53. The van der Waals surface area contributed by atoms with Crippen molar-refractivity contribution in [1.82, 2.24) is 15.0 Å². The molecule has 6 nitrogen and oxygen atoms in total. The van der Waals surface area contributed by atoms with Crippen molar-refractivity contribution in [1.29, 1.82) is 0 Å². The highest BCUT2D eigenvalue weighted by Crippen LogP contribution is 2.04. The van der Waals surface area contributed by atoms with E-state index in [2.05, 4.69) is 32.9 Å². The minimum atomic E-state index is -1.03. The van der Waals surface area contributed by atoms with E-state index in [0.29, 0.717) is 0 Å². The number of hydrogen-bond donors (Lipinski definition) is 3. The van der Waals surface area contributed by atoms with Crippen LogP contribution in [0.2, 0.25) is 5.28 Å². The van der Waals surface area contributed by atoms with Crippen molar-refractivity contribution in [2.24, 2.45) is 0 Å². The molecular formula is C6H7ClN4O2S. The maximum Gasteiger partial charge on any atom is 0.327 e. The van der Waals surface area contributed by atoms with Crippen molar-refractivity contribution >= 4 is 36.1 Å². The molecule has 1 heterocycles. The molecule has 0 spiro atoms. The Morgan fingerprint density at radius 3 is 2.93 bits per heavy atom. The number of thiol groups is 1. The first-order valence-corrected chi connectivity index (χ1v) is 4.59. The van der Waals surface area contributed by atoms with Gasteiger partial charge >= 0.3 is 5.97 Å². The van der Waals surface area contributed by atoms with Crippen LogP contribution in [0.1, 0.15) is 0 Å². The van der Waals surface area contributed by atoms with Gasteiger partial charge in [0.05, 0.1) is 0 Å². The molecule has 0 aromatic carbocycles. The van der Waals surface area contributed by atoms with Crippen LogP contribution in [0.5, 0.6) is 0 Å². The molecule has 1 atom stereocenters. The van der Waals surface area contributed by atoms with Gasteiger partial charge in [-0.2, -0.15) is 17.6 Å². The molecule has 0 saturated heterocycles. The fourth-order valence-electron chi connectivity index (χ4n) is 0.687. The first-order valence-electron chi connectivity index (χ1n) is 3.58. The molecule has 0 radical (unpaired) electrons. The van der Waals surface area contributed by atoms with Crippen molar-refractivity contribution in [3.63, 3.8) is 0 Å². The Kier molecular flexibility index (Phi) is 3.90. The molecule has 76 valence electrons. The number of hydrogen-bond acceptors (Lipinski definition) is 6. The van der Waals surface area contributed by atoms with E-state index in [9.17, 15) is 4.79 Å². The maximum atomic E-state index is 10.6. The number of nitrogens with zero attached hydrogens (tertiary/aromatic N) is 3. The third-order valence-corrected chi connectivity index (χ3v) is 1.87. The molecule has 0 bridgehead atoms.